The Bertz CT molecular complexity index is 492. The normalized spacial score (nSPS) is 17.0. The zero-order valence-electron chi connectivity index (χ0n) is 13.3. The van der Waals surface area contributed by atoms with Crippen LogP contribution in [0.15, 0.2) is 24.3 Å². The number of unbranched alkanes of at least 4 members (excludes halogenated alkanes) is 1. The molecule has 1 aromatic carbocycles. The van der Waals surface area contributed by atoms with Crippen molar-refractivity contribution in [3.8, 4) is 0 Å². The molecule has 0 bridgehead atoms. The Morgan fingerprint density at radius 2 is 2.13 bits per heavy atom. The maximum atomic E-state index is 13.1. The number of amides is 1. The fourth-order valence-corrected chi connectivity index (χ4v) is 2.59. The van der Waals surface area contributed by atoms with Gasteiger partial charge in [0.05, 0.1) is 25.7 Å². The second kappa shape index (κ2) is 9.60. The first-order valence-electron chi connectivity index (χ1n) is 8.15. The molecule has 0 spiro atoms. The number of aliphatic hydroxyl groups is 1. The first-order valence-corrected chi connectivity index (χ1v) is 8.15. The molecule has 1 atom stereocenters. The Morgan fingerprint density at radius 1 is 1.35 bits per heavy atom. The van der Waals surface area contributed by atoms with E-state index in [0.29, 0.717) is 12.1 Å². The standard InChI is InChI=1S/C17H25FN2O3/c18-15-5-3-4-14(12-15)16(21)13-17(22)19-6-1-2-7-20-8-10-23-11-9-20/h3-5,12,16,21H,1-2,6-11,13H2,(H,19,22). The van der Waals surface area contributed by atoms with Gasteiger partial charge in [-0.1, -0.05) is 12.1 Å². The zero-order chi connectivity index (χ0) is 16.5. The van der Waals surface area contributed by atoms with Crippen LogP contribution in [0.25, 0.3) is 0 Å². The van der Waals surface area contributed by atoms with Crippen LogP contribution >= 0.6 is 0 Å². The predicted molar refractivity (Wildman–Crippen MR) is 85.5 cm³/mol. The van der Waals surface area contributed by atoms with Crippen LogP contribution in [0, 0.1) is 5.82 Å². The Hall–Kier alpha value is -1.50. The molecule has 23 heavy (non-hydrogen) atoms. The van der Waals surface area contributed by atoms with E-state index in [9.17, 15) is 14.3 Å². The molecule has 0 saturated carbocycles. The lowest BCUT2D eigenvalue weighted by Crippen LogP contribution is -2.37. The summed E-state index contributed by atoms with van der Waals surface area (Å²) in [6, 6.07) is 5.70. The van der Waals surface area contributed by atoms with Crippen molar-refractivity contribution in [2.45, 2.75) is 25.4 Å². The van der Waals surface area contributed by atoms with E-state index in [1.54, 1.807) is 6.07 Å². The maximum absolute atomic E-state index is 13.1. The second-order valence-corrected chi connectivity index (χ2v) is 5.79. The number of benzene rings is 1. The van der Waals surface area contributed by atoms with Gasteiger partial charge in [0.25, 0.3) is 0 Å². The van der Waals surface area contributed by atoms with Crippen molar-refractivity contribution in [3.05, 3.63) is 35.6 Å². The van der Waals surface area contributed by atoms with Gasteiger partial charge in [-0.25, -0.2) is 4.39 Å². The van der Waals surface area contributed by atoms with E-state index in [2.05, 4.69) is 10.2 Å². The number of halogens is 1. The quantitative estimate of drug-likeness (QED) is 0.711. The summed E-state index contributed by atoms with van der Waals surface area (Å²) in [4.78, 5) is 14.1. The number of aliphatic hydroxyl groups excluding tert-OH is 1. The van der Waals surface area contributed by atoms with Crippen molar-refractivity contribution in [3.63, 3.8) is 0 Å². The lowest BCUT2D eigenvalue weighted by atomic mass is 10.1. The predicted octanol–water partition coefficient (Wildman–Crippen LogP) is 1.48. The average Bonchev–Trinajstić information content (AvgIpc) is 2.55. The lowest BCUT2D eigenvalue weighted by Gasteiger charge is -2.26. The summed E-state index contributed by atoms with van der Waals surface area (Å²) in [6.45, 7) is 5.17. The van der Waals surface area contributed by atoms with E-state index in [0.717, 1.165) is 45.7 Å². The van der Waals surface area contributed by atoms with Gasteiger partial charge in [-0.3, -0.25) is 9.69 Å². The molecule has 1 unspecified atom stereocenters. The smallest absolute Gasteiger partial charge is 0.222 e. The minimum atomic E-state index is -0.973. The third kappa shape index (κ3) is 6.64. The van der Waals surface area contributed by atoms with E-state index >= 15 is 0 Å². The highest BCUT2D eigenvalue weighted by Crippen LogP contribution is 2.17. The van der Waals surface area contributed by atoms with E-state index in [4.69, 9.17) is 4.74 Å². The van der Waals surface area contributed by atoms with E-state index < -0.39 is 11.9 Å². The van der Waals surface area contributed by atoms with E-state index in [1.807, 2.05) is 0 Å². The number of morpholine rings is 1. The molecule has 1 aliphatic heterocycles. The molecular weight excluding hydrogens is 299 g/mol. The highest BCUT2D eigenvalue weighted by atomic mass is 19.1. The van der Waals surface area contributed by atoms with Crippen LogP contribution in [0.3, 0.4) is 0 Å². The van der Waals surface area contributed by atoms with Crippen LogP contribution in [-0.2, 0) is 9.53 Å². The number of carbonyl (C=O) groups excluding carboxylic acids is 1. The first-order chi connectivity index (χ1) is 11.1. The Balaban J connectivity index is 1.57. The third-order valence-corrected chi connectivity index (χ3v) is 3.94. The van der Waals surface area contributed by atoms with Gasteiger partial charge in [-0.2, -0.15) is 0 Å². The fraction of sp³-hybridized carbons (Fsp3) is 0.588. The van der Waals surface area contributed by atoms with E-state index in [1.165, 1.54) is 18.2 Å². The van der Waals surface area contributed by atoms with Gasteiger partial charge in [0.1, 0.15) is 5.82 Å². The highest BCUT2D eigenvalue weighted by molar-refractivity contribution is 5.76. The summed E-state index contributed by atoms with van der Waals surface area (Å²) in [6.07, 6.45) is 0.901. The summed E-state index contributed by atoms with van der Waals surface area (Å²) in [5.74, 6) is -0.627. The van der Waals surface area contributed by atoms with Crippen LogP contribution in [0.4, 0.5) is 4.39 Å². The zero-order valence-corrected chi connectivity index (χ0v) is 13.3. The number of hydrogen-bond donors (Lipinski definition) is 2. The lowest BCUT2D eigenvalue weighted by molar-refractivity contribution is -0.123. The largest absolute Gasteiger partial charge is 0.388 e. The number of nitrogens with one attached hydrogen (secondary N) is 1. The molecule has 0 radical (unpaired) electrons. The van der Waals surface area contributed by atoms with Gasteiger partial charge >= 0.3 is 0 Å². The highest BCUT2D eigenvalue weighted by Gasteiger charge is 2.13. The van der Waals surface area contributed by atoms with Gasteiger partial charge in [-0.05, 0) is 37.1 Å². The number of nitrogens with zero attached hydrogens (tertiary/aromatic N) is 1. The van der Waals surface area contributed by atoms with Crippen LogP contribution in [-0.4, -0.2) is 55.3 Å². The Kier molecular flexibility index (Phi) is 7.45. The van der Waals surface area contributed by atoms with E-state index in [-0.39, 0.29) is 12.3 Å². The second-order valence-electron chi connectivity index (χ2n) is 5.79. The van der Waals surface area contributed by atoms with Crippen LogP contribution in [0.5, 0.6) is 0 Å². The summed E-state index contributed by atoms with van der Waals surface area (Å²) in [5, 5.41) is 12.7. The number of rotatable bonds is 8. The molecule has 1 aliphatic rings. The van der Waals surface area contributed by atoms with Gasteiger partial charge in [0.2, 0.25) is 5.91 Å². The molecule has 0 aromatic heterocycles. The SMILES string of the molecule is O=C(CC(O)c1cccc(F)c1)NCCCCN1CCOCC1. The molecule has 2 rings (SSSR count). The van der Waals surface area contributed by atoms with Crippen molar-refractivity contribution >= 4 is 5.91 Å². The Morgan fingerprint density at radius 3 is 2.87 bits per heavy atom. The fourth-order valence-electron chi connectivity index (χ4n) is 2.59. The topological polar surface area (TPSA) is 61.8 Å². The van der Waals surface area contributed by atoms with Crippen molar-refractivity contribution < 1.29 is 19.0 Å². The molecule has 5 nitrogen and oxygen atoms in total. The van der Waals surface area contributed by atoms with Crippen LogP contribution < -0.4 is 5.32 Å². The molecule has 128 valence electrons. The molecule has 1 aromatic rings. The number of ether oxygens (including phenoxy) is 1. The molecule has 0 aliphatic carbocycles. The molecule has 1 fully saturated rings. The molecular formula is C17H25FN2O3. The summed E-state index contributed by atoms with van der Waals surface area (Å²) in [7, 11) is 0. The van der Waals surface area contributed by atoms with Gasteiger partial charge in [-0.15, -0.1) is 0 Å². The molecule has 2 N–H and O–H groups in total. The van der Waals surface area contributed by atoms with Gasteiger partial charge in [0.15, 0.2) is 0 Å². The summed E-state index contributed by atoms with van der Waals surface area (Å²) < 4.78 is 18.4. The third-order valence-electron chi connectivity index (χ3n) is 3.94. The molecule has 6 heteroatoms. The summed E-state index contributed by atoms with van der Waals surface area (Å²) >= 11 is 0. The minimum absolute atomic E-state index is 0.0487. The number of carbonyl (C=O) groups is 1. The maximum Gasteiger partial charge on any atom is 0.222 e. The minimum Gasteiger partial charge on any atom is -0.388 e. The van der Waals surface area contributed by atoms with Gasteiger partial charge in [0, 0.05) is 19.6 Å². The first kappa shape index (κ1) is 17.8. The molecule has 1 saturated heterocycles. The molecule has 1 heterocycles. The number of hydrogen-bond acceptors (Lipinski definition) is 4. The van der Waals surface area contributed by atoms with Crippen LogP contribution in [0.1, 0.15) is 30.9 Å². The average molecular weight is 324 g/mol. The molecule has 1 amide bonds. The van der Waals surface area contributed by atoms with Gasteiger partial charge < -0.3 is 15.2 Å². The van der Waals surface area contributed by atoms with Crippen molar-refractivity contribution in [1.82, 2.24) is 10.2 Å². The summed E-state index contributed by atoms with van der Waals surface area (Å²) in [5.41, 5.74) is 0.424. The van der Waals surface area contributed by atoms with Crippen molar-refractivity contribution in [2.75, 3.05) is 39.4 Å². The monoisotopic (exact) mass is 324 g/mol. The van der Waals surface area contributed by atoms with Crippen molar-refractivity contribution in [2.24, 2.45) is 0 Å². The van der Waals surface area contributed by atoms with Crippen molar-refractivity contribution in [1.29, 1.82) is 0 Å². The Labute approximate surface area is 136 Å². The van der Waals surface area contributed by atoms with Crippen LogP contribution in [0.2, 0.25) is 0 Å².